The minimum absolute atomic E-state index is 0.320. The summed E-state index contributed by atoms with van der Waals surface area (Å²) in [5.41, 5.74) is 5.48. The second-order valence-corrected chi connectivity index (χ2v) is 10.0. The van der Waals surface area contributed by atoms with Crippen molar-refractivity contribution in [2.24, 2.45) is 0 Å². The summed E-state index contributed by atoms with van der Waals surface area (Å²) in [6, 6.07) is 17.0. The molecule has 0 aliphatic rings. The van der Waals surface area contributed by atoms with Gasteiger partial charge in [-0.1, -0.05) is 31.5 Å². The Morgan fingerprint density at radius 1 is 0.936 bits per heavy atom. The van der Waals surface area contributed by atoms with Crippen molar-refractivity contribution >= 4 is 59.0 Å². The van der Waals surface area contributed by atoms with Crippen molar-refractivity contribution in [3.63, 3.8) is 0 Å². The molecular formula is C35H34ClFN4O6. The number of carbonyl (C=O) groups excluding carboxylic acids is 3. The van der Waals surface area contributed by atoms with E-state index >= 15 is 0 Å². The number of oxazole rings is 1. The summed E-state index contributed by atoms with van der Waals surface area (Å²) in [5, 5.41) is 3.77. The molecule has 6 rings (SSSR count). The summed E-state index contributed by atoms with van der Waals surface area (Å²) in [6.45, 7) is 8.00. The number of hydrogen-bond acceptors (Lipinski definition) is 9. The van der Waals surface area contributed by atoms with E-state index in [9.17, 15) is 9.18 Å². The zero-order valence-electron chi connectivity index (χ0n) is 26.8. The van der Waals surface area contributed by atoms with Gasteiger partial charge in [0.2, 0.25) is 11.6 Å². The number of benzene rings is 3. The average molecular weight is 661 g/mol. The van der Waals surface area contributed by atoms with Gasteiger partial charge in [0.25, 0.3) is 5.91 Å². The Balaban J connectivity index is 0.000000947. The molecule has 6 aromatic rings. The molecule has 1 N–H and O–H groups in total. The van der Waals surface area contributed by atoms with Crippen LogP contribution in [0.15, 0.2) is 75.7 Å². The number of pyridine rings is 1. The summed E-state index contributed by atoms with van der Waals surface area (Å²) in [5.74, 6) is 0.548. The fourth-order valence-electron chi connectivity index (χ4n) is 4.84. The van der Waals surface area contributed by atoms with E-state index in [1.165, 1.54) is 18.3 Å². The van der Waals surface area contributed by atoms with Crippen molar-refractivity contribution in [1.82, 2.24) is 15.3 Å². The van der Waals surface area contributed by atoms with Crippen LogP contribution in [0.2, 0.25) is 5.02 Å². The van der Waals surface area contributed by atoms with Crippen LogP contribution in [0.3, 0.4) is 0 Å². The van der Waals surface area contributed by atoms with Gasteiger partial charge in [-0.3, -0.25) is 4.79 Å². The predicted molar refractivity (Wildman–Crippen MR) is 183 cm³/mol. The molecular weight excluding hydrogens is 627 g/mol. The van der Waals surface area contributed by atoms with Gasteiger partial charge in [-0.15, -0.1) is 0 Å². The Hall–Kier alpha value is -5.55. The van der Waals surface area contributed by atoms with Crippen molar-refractivity contribution in [1.29, 1.82) is 0 Å². The van der Waals surface area contributed by atoms with Crippen LogP contribution in [0.1, 0.15) is 24.2 Å². The number of carbonyl (C=O) groups is 3. The van der Waals surface area contributed by atoms with Crippen molar-refractivity contribution in [2.75, 3.05) is 33.2 Å². The number of methoxy groups -OCH3 is 1. The van der Waals surface area contributed by atoms with Crippen LogP contribution in [0.4, 0.5) is 10.1 Å². The van der Waals surface area contributed by atoms with E-state index in [0.717, 1.165) is 16.8 Å². The van der Waals surface area contributed by atoms with E-state index in [1.807, 2.05) is 76.8 Å². The van der Waals surface area contributed by atoms with E-state index < -0.39 is 0 Å². The molecule has 0 bridgehead atoms. The van der Waals surface area contributed by atoms with E-state index in [2.05, 4.69) is 15.3 Å². The van der Waals surface area contributed by atoms with Crippen molar-refractivity contribution < 1.29 is 32.3 Å². The third-order valence-electron chi connectivity index (χ3n) is 6.80. The summed E-state index contributed by atoms with van der Waals surface area (Å²) in [4.78, 5) is 39.9. The first kappa shape index (κ1) is 35.9. The maximum absolute atomic E-state index is 13.7. The summed E-state index contributed by atoms with van der Waals surface area (Å²) in [7, 11) is 6.98. The van der Waals surface area contributed by atoms with Crippen LogP contribution in [-0.2, 0) is 9.59 Å². The monoisotopic (exact) mass is 660 g/mol. The fraction of sp³-hybridized carbons (Fsp3) is 0.171. The molecule has 3 aromatic heterocycles. The minimum atomic E-state index is -0.378. The Bertz CT molecular complexity index is 1990. The zero-order valence-corrected chi connectivity index (χ0v) is 27.6. The van der Waals surface area contributed by atoms with Crippen molar-refractivity contribution in [2.45, 2.75) is 13.8 Å². The lowest BCUT2D eigenvalue weighted by Gasteiger charge is -2.19. The number of nitrogens with one attached hydrogen (secondary N) is 1. The molecule has 0 atom stereocenters. The molecule has 47 heavy (non-hydrogen) atoms. The summed E-state index contributed by atoms with van der Waals surface area (Å²) in [6.07, 6.45) is 1.50. The normalized spacial score (nSPS) is 10.1. The molecule has 10 nitrogen and oxygen atoms in total. The van der Waals surface area contributed by atoms with E-state index in [4.69, 9.17) is 34.8 Å². The standard InChI is InChI=1S/C31H24ClFN4O4.C2H6.2CH2O/c1-34-29(38)27-21-13-20(24(37(2)3)14-26(21)40-28(27)16-5-8-19(33)9-6-16)17-7-10-25(39-4)22(11-17)30-36-23-12-18(32)15-35-31(23)41-30;3*1-2/h5-15H,1-4H3,(H,34,38);1-2H3;2*1H2. The molecule has 0 saturated carbocycles. The number of fused-ring (bicyclic) bond motifs is 2. The number of rotatable bonds is 6. The van der Waals surface area contributed by atoms with Gasteiger partial charge in [0, 0.05) is 55.6 Å². The van der Waals surface area contributed by atoms with Gasteiger partial charge in [0.15, 0.2) is 0 Å². The Labute approximate surface area is 276 Å². The van der Waals surface area contributed by atoms with Crippen molar-refractivity contribution in [3.05, 3.63) is 83.3 Å². The van der Waals surface area contributed by atoms with Crippen LogP contribution >= 0.6 is 11.6 Å². The zero-order chi connectivity index (χ0) is 34.8. The lowest BCUT2D eigenvalue weighted by molar-refractivity contribution is -0.0987. The third-order valence-corrected chi connectivity index (χ3v) is 7.01. The number of amides is 1. The average Bonchev–Trinajstić information content (AvgIpc) is 3.71. The van der Waals surface area contributed by atoms with E-state index in [1.54, 1.807) is 32.4 Å². The Morgan fingerprint density at radius 3 is 2.21 bits per heavy atom. The number of nitrogens with zero attached hydrogens (tertiary/aromatic N) is 3. The molecule has 0 radical (unpaired) electrons. The van der Waals surface area contributed by atoms with Gasteiger partial charge in [-0.05, 0) is 54.1 Å². The van der Waals surface area contributed by atoms with E-state index in [0.29, 0.717) is 61.3 Å². The molecule has 3 aromatic carbocycles. The van der Waals surface area contributed by atoms with Gasteiger partial charge in [0.1, 0.15) is 42.0 Å². The molecule has 244 valence electrons. The maximum atomic E-state index is 13.7. The SMILES string of the molecule is C=O.C=O.CC.CNC(=O)c1c(-c2ccc(F)cc2)oc2cc(N(C)C)c(-c3ccc(OC)c(-c4nc5cc(Cl)cnc5o4)c3)cc12. The Kier molecular flexibility index (Phi) is 12.3. The van der Waals surface area contributed by atoms with Gasteiger partial charge < -0.3 is 33.4 Å². The molecule has 0 saturated heterocycles. The van der Waals surface area contributed by atoms with Gasteiger partial charge in [0.05, 0.1) is 23.3 Å². The lowest BCUT2D eigenvalue weighted by Crippen LogP contribution is -2.18. The number of halogens is 2. The molecule has 12 heteroatoms. The van der Waals surface area contributed by atoms with Gasteiger partial charge >= 0.3 is 0 Å². The first-order chi connectivity index (χ1) is 22.8. The van der Waals surface area contributed by atoms with E-state index in [-0.39, 0.29) is 11.7 Å². The van der Waals surface area contributed by atoms with Crippen LogP contribution < -0.4 is 15.0 Å². The topological polar surface area (TPSA) is 128 Å². The number of hydrogen-bond donors (Lipinski definition) is 1. The first-order valence-corrected chi connectivity index (χ1v) is 14.6. The highest BCUT2D eigenvalue weighted by atomic mass is 35.5. The van der Waals surface area contributed by atoms with Crippen LogP contribution in [0, 0.1) is 5.82 Å². The highest BCUT2D eigenvalue weighted by Gasteiger charge is 2.25. The molecule has 0 aliphatic carbocycles. The van der Waals surface area contributed by atoms with Gasteiger partial charge in [-0.2, -0.15) is 0 Å². The molecule has 3 heterocycles. The highest BCUT2D eigenvalue weighted by molar-refractivity contribution is 6.31. The maximum Gasteiger partial charge on any atom is 0.255 e. The smallest absolute Gasteiger partial charge is 0.255 e. The number of anilines is 1. The molecule has 0 fully saturated rings. The summed E-state index contributed by atoms with van der Waals surface area (Å²) < 4.78 is 31.5. The number of aromatic nitrogens is 2. The van der Waals surface area contributed by atoms with Crippen LogP contribution in [0.5, 0.6) is 5.75 Å². The minimum Gasteiger partial charge on any atom is -0.496 e. The highest BCUT2D eigenvalue weighted by Crippen LogP contribution is 2.43. The second kappa shape index (κ2) is 16.1. The largest absolute Gasteiger partial charge is 0.496 e. The molecule has 0 unspecified atom stereocenters. The van der Waals surface area contributed by atoms with Crippen LogP contribution in [0.25, 0.3) is 56.1 Å². The number of ether oxygens (including phenoxy) is 1. The molecule has 0 aliphatic heterocycles. The molecule has 0 spiro atoms. The first-order valence-electron chi connectivity index (χ1n) is 14.2. The third kappa shape index (κ3) is 7.31. The fourth-order valence-corrected chi connectivity index (χ4v) is 5.00. The predicted octanol–water partition coefficient (Wildman–Crippen LogP) is 7.85. The molecule has 1 amide bonds. The van der Waals surface area contributed by atoms with Crippen LogP contribution in [-0.4, -0.2) is 57.7 Å². The lowest BCUT2D eigenvalue weighted by atomic mass is 9.96. The summed E-state index contributed by atoms with van der Waals surface area (Å²) >= 11 is 6.10. The van der Waals surface area contributed by atoms with Crippen molar-refractivity contribution in [3.8, 4) is 39.7 Å². The van der Waals surface area contributed by atoms with Gasteiger partial charge in [-0.25, -0.2) is 14.4 Å². The number of furan rings is 1. The quantitative estimate of drug-likeness (QED) is 0.190. The Morgan fingerprint density at radius 2 is 1.60 bits per heavy atom. The second-order valence-electron chi connectivity index (χ2n) is 9.56.